The molecule has 2 aromatic rings. The third-order valence-electron chi connectivity index (χ3n) is 2.51. The summed E-state index contributed by atoms with van der Waals surface area (Å²) in [6, 6.07) is -0.199. The van der Waals surface area contributed by atoms with E-state index in [1.165, 1.54) is 0 Å². The number of nitrogens with zero attached hydrogens (tertiary/aromatic N) is 4. The molecule has 2 heterocycles. The first-order chi connectivity index (χ1) is 8.31. The van der Waals surface area contributed by atoms with E-state index in [0.29, 0.717) is 19.6 Å². The van der Waals surface area contributed by atoms with Gasteiger partial charge in [0.1, 0.15) is 12.2 Å². The van der Waals surface area contributed by atoms with Crippen LogP contribution in [-0.4, -0.2) is 38.4 Å². The highest BCUT2D eigenvalue weighted by Gasteiger charge is 2.14. The highest BCUT2D eigenvalue weighted by Crippen LogP contribution is 2.11. The van der Waals surface area contributed by atoms with Crippen LogP contribution in [0.2, 0.25) is 0 Å². The Morgan fingerprint density at radius 2 is 2.47 bits per heavy atom. The van der Waals surface area contributed by atoms with Crippen molar-refractivity contribution in [2.45, 2.75) is 19.0 Å². The van der Waals surface area contributed by atoms with E-state index in [0.717, 1.165) is 11.5 Å². The van der Waals surface area contributed by atoms with Crippen molar-refractivity contribution in [3.05, 3.63) is 30.4 Å². The van der Waals surface area contributed by atoms with Gasteiger partial charge in [-0.15, -0.1) is 10.2 Å². The van der Waals surface area contributed by atoms with E-state index < -0.39 is 0 Å². The van der Waals surface area contributed by atoms with Gasteiger partial charge >= 0.3 is 0 Å². The topological polar surface area (TPSA) is 94.6 Å². The molecule has 0 spiro atoms. The molecule has 0 saturated heterocycles. The molecule has 0 radical (unpaired) electrons. The summed E-state index contributed by atoms with van der Waals surface area (Å²) in [4.78, 5) is 6.97. The van der Waals surface area contributed by atoms with Crippen molar-refractivity contribution in [3.63, 3.8) is 0 Å². The van der Waals surface area contributed by atoms with Gasteiger partial charge in [0.25, 0.3) is 0 Å². The largest absolute Gasteiger partial charge is 0.383 e. The fraction of sp³-hybridized carbons (Fsp3) is 0.500. The van der Waals surface area contributed by atoms with Gasteiger partial charge in [0, 0.05) is 32.0 Å². The second kappa shape index (κ2) is 5.55. The van der Waals surface area contributed by atoms with E-state index >= 15 is 0 Å². The van der Waals surface area contributed by atoms with Crippen LogP contribution >= 0.6 is 0 Å². The summed E-state index contributed by atoms with van der Waals surface area (Å²) in [5.41, 5.74) is 7.08. The van der Waals surface area contributed by atoms with Crippen molar-refractivity contribution in [2.24, 2.45) is 5.73 Å². The van der Waals surface area contributed by atoms with Crippen LogP contribution in [0, 0.1) is 0 Å². The summed E-state index contributed by atoms with van der Waals surface area (Å²) >= 11 is 0. The number of aromatic nitrogens is 5. The molecule has 0 aliphatic rings. The van der Waals surface area contributed by atoms with Crippen LogP contribution < -0.4 is 5.73 Å². The van der Waals surface area contributed by atoms with E-state index in [-0.39, 0.29) is 6.04 Å². The molecule has 7 heteroatoms. The zero-order valence-corrected chi connectivity index (χ0v) is 9.71. The predicted molar refractivity (Wildman–Crippen MR) is 61.1 cm³/mol. The van der Waals surface area contributed by atoms with Crippen molar-refractivity contribution in [1.82, 2.24) is 24.7 Å². The Morgan fingerprint density at radius 1 is 1.59 bits per heavy atom. The Hall–Kier alpha value is -1.73. The number of hydrogen-bond acceptors (Lipinski definition) is 5. The van der Waals surface area contributed by atoms with Crippen molar-refractivity contribution in [2.75, 3.05) is 13.7 Å². The molecule has 1 atom stereocenters. The van der Waals surface area contributed by atoms with Crippen LogP contribution in [0.5, 0.6) is 0 Å². The Kier molecular flexibility index (Phi) is 3.84. The van der Waals surface area contributed by atoms with Crippen molar-refractivity contribution in [3.8, 4) is 0 Å². The highest BCUT2D eigenvalue weighted by atomic mass is 16.5. The van der Waals surface area contributed by atoms with E-state index in [4.69, 9.17) is 10.5 Å². The number of rotatable bonds is 6. The molecule has 17 heavy (non-hydrogen) atoms. The maximum Gasteiger partial charge on any atom is 0.150 e. The Labute approximate surface area is 99.0 Å². The average molecular weight is 236 g/mol. The van der Waals surface area contributed by atoms with Crippen molar-refractivity contribution in [1.29, 1.82) is 0 Å². The molecular formula is C10H16N6O. The SMILES string of the molecule is COCCn1cnnc1[C@@H](N)Cc1cnc[nH]1. The second-order valence-electron chi connectivity index (χ2n) is 3.76. The number of nitrogens with one attached hydrogen (secondary N) is 1. The minimum absolute atomic E-state index is 0.199. The molecule has 2 aromatic heterocycles. The first-order valence-corrected chi connectivity index (χ1v) is 5.40. The number of imidazole rings is 1. The van der Waals surface area contributed by atoms with Crippen LogP contribution in [0.15, 0.2) is 18.9 Å². The number of methoxy groups -OCH3 is 1. The predicted octanol–water partition coefficient (Wildman–Crippen LogP) is -0.110. The molecule has 3 N–H and O–H groups in total. The molecule has 0 amide bonds. The zero-order chi connectivity index (χ0) is 12.1. The van der Waals surface area contributed by atoms with E-state index in [1.807, 2.05) is 4.57 Å². The molecular weight excluding hydrogens is 220 g/mol. The molecule has 0 aliphatic heterocycles. The second-order valence-corrected chi connectivity index (χ2v) is 3.76. The maximum absolute atomic E-state index is 6.09. The lowest BCUT2D eigenvalue weighted by molar-refractivity contribution is 0.185. The number of nitrogens with two attached hydrogens (primary N) is 1. The Balaban J connectivity index is 2.03. The molecule has 0 aliphatic carbocycles. The Bertz CT molecular complexity index is 437. The van der Waals surface area contributed by atoms with Crippen LogP contribution in [0.3, 0.4) is 0 Å². The fourth-order valence-corrected chi connectivity index (χ4v) is 1.64. The minimum atomic E-state index is -0.199. The van der Waals surface area contributed by atoms with Gasteiger partial charge < -0.3 is 20.0 Å². The van der Waals surface area contributed by atoms with Gasteiger partial charge in [-0.1, -0.05) is 0 Å². The molecule has 0 unspecified atom stereocenters. The van der Waals surface area contributed by atoms with Crippen LogP contribution in [0.25, 0.3) is 0 Å². The highest BCUT2D eigenvalue weighted by molar-refractivity contribution is 5.03. The van der Waals surface area contributed by atoms with Crippen molar-refractivity contribution < 1.29 is 4.74 Å². The standard InChI is InChI=1S/C10H16N6O/c1-17-3-2-16-7-14-15-10(16)9(11)4-8-5-12-6-13-8/h5-7,9H,2-4,11H2,1H3,(H,12,13)/t9-/m0/s1. The minimum Gasteiger partial charge on any atom is -0.383 e. The third-order valence-corrected chi connectivity index (χ3v) is 2.51. The van der Waals surface area contributed by atoms with Gasteiger partial charge in [-0.25, -0.2) is 4.98 Å². The number of hydrogen-bond donors (Lipinski definition) is 2. The third kappa shape index (κ3) is 2.89. The summed E-state index contributed by atoms with van der Waals surface area (Å²) in [7, 11) is 1.66. The molecule has 92 valence electrons. The number of ether oxygens (including phenoxy) is 1. The molecule has 0 aromatic carbocycles. The summed E-state index contributed by atoms with van der Waals surface area (Å²) in [5.74, 6) is 0.761. The normalized spacial score (nSPS) is 12.8. The van der Waals surface area contributed by atoms with Crippen LogP contribution in [0.4, 0.5) is 0 Å². The summed E-state index contributed by atoms with van der Waals surface area (Å²) in [6.45, 7) is 1.32. The van der Waals surface area contributed by atoms with E-state index in [9.17, 15) is 0 Å². The first kappa shape index (κ1) is 11.7. The molecule has 2 rings (SSSR count). The van der Waals surface area contributed by atoms with Crippen molar-refractivity contribution >= 4 is 0 Å². The quantitative estimate of drug-likeness (QED) is 0.729. The molecule has 7 nitrogen and oxygen atoms in total. The van der Waals surface area contributed by atoms with Gasteiger partial charge in [0.2, 0.25) is 0 Å². The van der Waals surface area contributed by atoms with Gasteiger partial charge in [0.05, 0.1) is 19.0 Å². The smallest absolute Gasteiger partial charge is 0.150 e. The van der Waals surface area contributed by atoms with Gasteiger partial charge in [-0.2, -0.15) is 0 Å². The maximum atomic E-state index is 6.09. The molecule has 0 fully saturated rings. The van der Waals surface area contributed by atoms with E-state index in [1.54, 1.807) is 26.0 Å². The zero-order valence-electron chi connectivity index (χ0n) is 9.71. The van der Waals surface area contributed by atoms with Gasteiger partial charge in [0.15, 0.2) is 0 Å². The lowest BCUT2D eigenvalue weighted by Crippen LogP contribution is -2.20. The van der Waals surface area contributed by atoms with E-state index in [2.05, 4.69) is 20.2 Å². The van der Waals surface area contributed by atoms with Gasteiger partial charge in [-0.05, 0) is 0 Å². The number of aromatic amines is 1. The lowest BCUT2D eigenvalue weighted by atomic mass is 10.1. The lowest BCUT2D eigenvalue weighted by Gasteiger charge is -2.11. The summed E-state index contributed by atoms with van der Waals surface area (Å²) < 4.78 is 6.93. The average Bonchev–Trinajstić information content (AvgIpc) is 2.96. The fourth-order valence-electron chi connectivity index (χ4n) is 1.64. The van der Waals surface area contributed by atoms with Crippen LogP contribution in [-0.2, 0) is 17.7 Å². The molecule has 0 saturated carbocycles. The first-order valence-electron chi connectivity index (χ1n) is 5.40. The molecule has 0 bridgehead atoms. The van der Waals surface area contributed by atoms with Gasteiger partial charge in [-0.3, -0.25) is 0 Å². The summed E-state index contributed by atoms with van der Waals surface area (Å²) in [6.07, 6.45) is 5.72. The summed E-state index contributed by atoms with van der Waals surface area (Å²) in [5, 5.41) is 7.92. The monoisotopic (exact) mass is 236 g/mol. The Morgan fingerprint density at radius 3 is 3.18 bits per heavy atom. The van der Waals surface area contributed by atoms with Crippen LogP contribution in [0.1, 0.15) is 17.6 Å². The number of H-pyrrole nitrogens is 1.